The van der Waals surface area contributed by atoms with Gasteiger partial charge in [-0.05, 0) is 93.7 Å². The van der Waals surface area contributed by atoms with E-state index >= 15 is 0 Å². The second-order valence-corrected chi connectivity index (χ2v) is 15.0. The van der Waals surface area contributed by atoms with Crippen LogP contribution >= 0.6 is 35.0 Å². The zero-order valence-corrected chi connectivity index (χ0v) is 28.6. The molecule has 2 amide bonds. The summed E-state index contributed by atoms with van der Waals surface area (Å²) >= 11 is 14.0. The van der Waals surface area contributed by atoms with Crippen LogP contribution in [-0.2, 0) is 15.1 Å². The van der Waals surface area contributed by atoms with Gasteiger partial charge in [0.05, 0.1) is 6.04 Å². The Morgan fingerprint density at radius 3 is 2.20 bits per heavy atom. The van der Waals surface area contributed by atoms with E-state index in [2.05, 4.69) is 63.6 Å². The number of nitrogens with zero attached hydrogens (tertiary/aromatic N) is 5. The molecule has 10 heteroatoms. The van der Waals surface area contributed by atoms with Gasteiger partial charge in [-0.3, -0.25) is 9.59 Å². The molecule has 0 saturated carbocycles. The molecule has 2 saturated heterocycles. The number of amidine groups is 1. The number of carbonyl (C=O) groups excluding carboxylic acids is 2. The summed E-state index contributed by atoms with van der Waals surface area (Å²) in [7, 11) is 2.10. The van der Waals surface area contributed by atoms with E-state index < -0.39 is 11.6 Å². The molecule has 0 spiro atoms. The molecule has 4 heterocycles. The van der Waals surface area contributed by atoms with Crippen molar-refractivity contribution in [2.75, 3.05) is 26.7 Å². The number of hydrogen-bond donors (Lipinski definition) is 0. The number of allylic oxidation sites excluding steroid dienone is 1. The molecule has 44 heavy (non-hydrogen) atoms. The molecule has 0 N–H and O–H groups in total. The second kappa shape index (κ2) is 12.0. The van der Waals surface area contributed by atoms with Crippen LogP contribution in [0.25, 0.3) is 0 Å². The van der Waals surface area contributed by atoms with Crippen LogP contribution in [0.5, 0.6) is 0 Å². The lowest BCUT2D eigenvalue weighted by molar-refractivity contribution is -0.144. The highest BCUT2D eigenvalue weighted by atomic mass is 35.5. The summed E-state index contributed by atoms with van der Waals surface area (Å²) in [5.74, 6) is 0.0518. The minimum absolute atomic E-state index is 0.0216. The van der Waals surface area contributed by atoms with Gasteiger partial charge in [-0.2, -0.15) is 0 Å². The summed E-state index contributed by atoms with van der Waals surface area (Å²) in [4.78, 5) is 42.9. The monoisotopic (exact) mass is 653 g/mol. The molecular formula is C34H41Cl2N5O2S. The van der Waals surface area contributed by atoms with Gasteiger partial charge in [0, 0.05) is 47.5 Å². The van der Waals surface area contributed by atoms with E-state index in [1.165, 1.54) is 11.8 Å². The van der Waals surface area contributed by atoms with Crippen LogP contribution in [0.15, 0.2) is 64.1 Å². The summed E-state index contributed by atoms with van der Waals surface area (Å²) < 4.78 is 0. The van der Waals surface area contributed by atoms with Crippen molar-refractivity contribution in [1.29, 1.82) is 0 Å². The van der Waals surface area contributed by atoms with Gasteiger partial charge in [-0.1, -0.05) is 61.3 Å². The third kappa shape index (κ3) is 5.36. The summed E-state index contributed by atoms with van der Waals surface area (Å²) in [6.07, 6.45) is 1.50. The molecule has 4 aliphatic heterocycles. The topological polar surface area (TPSA) is 59.5 Å². The number of aliphatic imine (C=N–C) groups is 1. The highest BCUT2D eigenvalue weighted by molar-refractivity contribution is 8.18. The number of halogens is 2. The number of likely N-dealkylation sites (N-methyl/N-ethyl adjacent to an activating group) is 1. The maximum Gasteiger partial charge on any atom is 0.263 e. The van der Waals surface area contributed by atoms with Gasteiger partial charge in [0.25, 0.3) is 5.91 Å². The molecule has 0 bridgehead atoms. The maximum atomic E-state index is 14.6. The number of benzene rings is 2. The van der Waals surface area contributed by atoms with Crippen molar-refractivity contribution < 1.29 is 9.59 Å². The van der Waals surface area contributed by atoms with Crippen LogP contribution in [0.4, 0.5) is 0 Å². The van der Waals surface area contributed by atoms with E-state index in [1.54, 1.807) is 0 Å². The number of hydrogen-bond acceptors (Lipinski definition) is 6. The quantitative estimate of drug-likeness (QED) is 0.356. The lowest BCUT2D eigenvalue weighted by Crippen LogP contribution is -2.57. The van der Waals surface area contributed by atoms with E-state index in [1.807, 2.05) is 46.2 Å². The molecule has 2 aromatic carbocycles. The minimum atomic E-state index is -0.632. The predicted molar refractivity (Wildman–Crippen MR) is 180 cm³/mol. The molecule has 0 aromatic heterocycles. The molecule has 2 fully saturated rings. The number of thioether (sulfide) groups is 1. The number of amides is 2. The van der Waals surface area contributed by atoms with E-state index in [9.17, 15) is 9.59 Å². The maximum absolute atomic E-state index is 14.6. The van der Waals surface area contributed by atoms with Crippen molar-refractivity contribution >= 4 is 51.9 Å². The predicted octanol–water partition coefficient (Wildman–Crippen LogP) is 6.78. The zero-order valence-electron chi connectivity index (χ0n) is 26.3. The minimum Gasteiger partial charge on any atom is -0.338 e. The molecule has 5 atom stereocenters. The number of carbonyl (C=O) groups is 2. The van der Waals surface area contributed by atoms with Gasteiger partial charge in [0.2, 0.25) is 5.91 Å². The second-order valence-electron chi connectivity index (χ2n) is 13.1. The molecule has 0 aliphatic carbocycles. The summed E-state index contributed by atoms with van der Waals surface area (Å²) in [6.45, 7) is 12.8. The number of fused-ring (bicyclic) bond motifs is 1. The Labute approximate surface area is 275 Å². The van der Waals surface area contributed by atoms with Crippen molar-refractivity contribution in [3.63, 3.8) is 0 Å². The molecule has 2 aromatic rings. The number of piperazine rings is 1. The van der Waals surface area contributed by atoms with Gasteiger partial charge in [-0.25, -0.2) is 4.99 Å². The van der Waals surface area contributed by atoms with Crippen molar-refractivity contribution in [3.05, 3.63) is 80.3 Å². The van der Waals surface area contributed by atoms with Crippen molar-refractivity contribution in [3.8, 4) is 0 Å². The first kappa shape index (κ1) is 31.5. The first-order valence-corrected chi connectivity index (χ1v) is 17.1. The Kier molecular flexibility index (Phi) is 8.59. The van der Waals surface area contributed by atoms with Gasteiger partial charge in [0.1, 0.15) is 16.5 Å². The Morgan fingerprint density at radius 2 is 1.59 bits per heavy atom. The Balaban J connectivity index is 1.38. The molecule has 7 nitrogen and oxygen atoms in total. The standard InChI is InChI=1S/C34H41Cl2N5O2S/c1-20(2)28-29(32(43)40-21(3)7-16-27(40)31(42)39-18-17-38(6)22(4)19-39)44-33-37-34(5,24-10-14-26(36)15-11-24)30(41(28)33)23-8-12-25(35)13-9-23/h8-15,20-22,27,30H,7,16-19H2,1-6H3/t21?,22-,27+,30-,34+/m1/s1. The highest BCUT2D eigenvalue weighted by Gasteiger charge is 2.54. The van der Waals surface area contributed by atoms with Crippen LogP contribution in [0.2, 0.25) is 10.0 Å². The van der Waals surface area contributed by atoms with Gasteiger partial charge < -0.3 is 19.6 Å². The van der Waals surface area contributed by atoms with Crippen LogP contribution in [0.3, 0.4) is 0 Å². The molecule has 6 rings (SSSR count). The van der Waals surface area contributed by atoms with Crippen molar-refractivity contribution in [1.82, 2.24) is 19.6 Å². The lowest BCUT2D eigenvalue weighted by Gasteiger charge is -2.40. The molecule has 234 valence electrons. The summed E-state index contributed by atoms with van der Waals surface area (Å²) in [5.41, 5.74) is 2.42. The van der Waals surface area contributed by atoms with Crippen LogP contribution < -0.4 is 0 Å². The normalized spacial score (nSPS) is 29.1. The summed E-state index contributed by atoms with van der Waals surface area (Å²) in [5, 5.41) is 2.14. The van der Waals surface area contributed by atoms with Gasteiger partial charge in [0.15, 0.2) is 5.17 Å². The largest absolute Gasteiger partial charge is 0.338 e. The summed E-state index contributed by atoms with van der Waals surface area (Å²) in [6, 6.07) is 15.4. The molecule has 1 unspecified atom stereocenters. The number of likely N-dealkylation sites (tertiary alicyclic amines) is 1. The van der Waals surface area contributed by atoms with Gasteiger partial charge >= 0.3 is 0 Å². The third-order valence-corrected chi connectivity index (χ3v) is 11.4. The van der Waals surface area contributed by atoms with Crippen LogP contribution in [0, 0.1) is 5.92 Å². The fraction of sp³-hybridized carbons (Fsp3) is 0.500. The fourth-order valence-electron chi connectivity index (χ4n) is 7.21. The number of rotatable bonds is 5. The molecule has 0 radical (unpaired) electrons. The third-order valence-electron chi connectivity index (χ3n) is 9.83. The molecule has 4 aliphatic rings. The van der Waals surface area contributed by atoms with Crippen molar-refractivity contribution in [2.45, 2.75) is 77.2 Å². The lowest BCUT2D eigenvalue weighted by atomic mass is 9.81. The van der Waals surface area contributed by atoms with E-state index in [0.717, 1.165) is 35.0 Å². The Morgan fingerprint density at radius 1 is 0.955 bits per heavy atom. The smallest absolute Gasteiger partial charge is 0.263 e. The SMILES string of the molecule is CC(C)C1=C(C(=O)N2C(C)CC[C@H]2C(=O)N2CCN(C)[C@H](C)C2)SC2=N[C@@](C)(c3ccc(Cl)cc3)[C@@H](c3ccc(Cl)cc3)N21. The first-order chi connectivity index (χ1) is 20.9. The average molecular weight is 655 g/mol. The van der Waals surface area contributed by atoms with Crippen molar-refractivity contribution in [2.24, 2.45) is 10.9 Å². The average Bonchev–Trinajstić information content (AvgIpc) is 3.64. The Bertz CT molecular complexity index is 1510. The zero-order chi connectivity index (χ0) is 31.5. The molecular weight excluding hydrogens is 613 g/mol. The van der Waals surface area contributed by atoms with Crippen LogP contribution in [-0.4, -0.2) is 81.4 Å². The fourth-order valence-corrected chi connectivity index (χ4v) is 8.81. The van der Waals surface area contributed by atoms with E-state index in [0.29, 0.717) is 40.5 Å². The first-order valence-electron chi connectivity index (χ1n) is 15.5. The van der Waals surface area contributed by atoms with Crippen LogP contribution in [0.1, 0.15) is 64.6 Å². The van der Waals surface area contributed by atoms with Gasteiger partial charge in [-0.15, -0.1) is 0 Å². The van der Waals surface area contributed by atoms with E-state index in [-0.39, 0.29) is 29.8 Å². The Hall–Kier alpha value is -2.52. The van der Waals surface area contributed by atoms with E-state index in [4.69, 9.17) is 28.2 Å². The highest BCUT2D eigenvalue weighted by Crippen LogP contribution is 2.56.